The number of carbonyl (C=O) groups excluding carboxylic acids is 1. The van der Waals surface area contributed by atoms with Crippen LogP contribution in [-0.4, -0.2) is 24.9 Å². The van der Waals surface area contributed by atoms with Crippen LogP contribution in [0.3, 0.4) is 0 Å². The minimum atomic E-state index is -0.354. The smallest absolute Gasteiger partial charge is 0.347 e. The Hall–Kier alpha value is -1.06. The molecule has 0 spiro atoms. The predicted molar refractivity (Wildman–Crippen MR) is 53.1 cm³/mol. The first-order valence-corrected chi connectivity index (χ1v) is 5.16. The van der Waals surface area contributed by atoms with Crippen molar-refractivity contribution in [2.75, 3.05) is 13.2 Å². The molecule has 80 valence electrons. The maximum atomic E-state index is 10.9. The molecule has 1 aliphatic rings. The Morgan fingerprint density at radius 1 is 1.36 bits per heavy atom. The molecular formula is C10H17NO3. The summed E-state index contributed by atoms with van der Waals surface area (Å²) < 4.78 is 4.70. The summed E-state index contributed by atoms with van der Waals surface area (Å²) in [4.78, 5) is 15.8. The van der Waals surface area contributed by atoms with E-state index in [1.807, 2.05) is 0 Å². The zero-order chi connectivity index (χ0) is 10.2. The second kappa shape index (κ2) is 6.40. The summed E-state index contributed by atoms with van der Waals surface area (Å²) in [6.45, 7) is 2.08. The first-order chi connectivity index (χ1) is 6.83. The molecule has 14 heavy (non-hydrogen) atoms. The number of hydrogen-bond acceptors (Lipinski definition) is 4. The summed E-state index contributed by atoms with van der Waals surface area (Å²) in [5.41, 5.74) is 1.07. The van der Waals surface area contributed by atoms with Crippen LogP contribution in [0.25, 0.3) is 0 Å². The lowest BCUT2D eigenvalue weighted by atomic mass is 9.99. The normalized spacial score (nSPS) is 16.2. The predicted octanol–water partition coefficient (Wildman–Crippen LogP) is 1.89. The molecule has 0 N–H and O–H groups in total. The van der Waals surface area contributed by atoms with Gasteiger partial charge in [0.2, 0.25) is 6.61 Å². The molecule has 0 heterocycles. The molecule has 0 unspecified atom stereocenters. The highest BCUT2D eigenvalue weighted by atomic mass is 16.7. The topological polar surface area (TPSA) is 47.9 Å². The lowest BCUT2D eigenvalue weighted by Gasteiger charge is -2.11. The summed E-state index contributed by atoms with van der Waals surface area (Å²) >= 11 is 0. The Balaban J connectivity index is 2.15. The van der Waals surface area contributed by atoms with Crippen LogP contribution in [0, 0.1) is 0 Å². The van der Waals surface area contributed by atoms with E-state index in [0.717, 1.165) is 18.6 Å². The maximum absolute atomic E-state index is 10.9. The van der Waals surface area contributed by atoms with Crippen LogP contribution in [0.1, 0.15) is 39.0 Å². The van der Waals surface area contributed by atoms with Gasteiger partial charge in [-0.25, -0.2) is 4.79 Å². The third kappa shape index (κ3) is 4.25. The zero-order valence-corrected chi connectivity index (χ0v) is 8.62. The monoisotopic (exact) mass is 199 g/mol. The van der Waals surface area contributed by atoms with Crippen molar-refractivity contribution in [3.8, 4) is 0 Å². The molecule has 1 saturated carbocycles. The minimum absolute atomic E-state index is 0.0721. The first kappa shape index (κ1) is 11.0. The molecule has 0 saturated heterocycles. The van der Waals surface area contributed by atoms with Gasteiger partial charge in [-0.3, -0.25) is 0 Å². The fourth-order valence-electron chi connectivity index (χ4n) is 1.43. The quantitative estimate of drug-likeness (QED) is 0.513. The molecule has 0 aromatic carbocycles. The van der Waals surface area contributed by atoms with Gasteiger partial charge in [-0.05, 0) is 32.6 Å². The lowest BCUT2D eigenvalue weighted by Crippen LogP contribution is -2.12. The van der Waals surface area contributed by atoms with Gasteiger partial charge in [0, 0.05) is 0 Å². The molecule has 4 nitrogen and oxygen atoms in total. The first-order valence-electron chi connectivity index (χ1n) is 5.16. The van der Waals surface area contributed by atoms with Crippen molar-refractivity contribution in [2.45, 2.75) is 39.0 Å². The maximum Gasteiger partial charge on any atom is 0.347 e. The van der Waals surface area contributed by atoms with Gasteiger partial charge in [0.15, 0.2) is 0 Å². The molecule has 0 radical (unpaired) electrons. The number of nitrogens with zero attached hydrogens (tertiary/aromatic N) is 1. The molecule has 4 heteroatoms. The van der Waals surface area contributed by atoms with Gasteiger partial charge >= 0.3 is 5.97 Å². The third-order valence-electron chi connectivity index (χ3n) is 2.11. The van der Waals surface area contributed by atoms with Crippen molar-refractivity contribution in [1.29, 1.82) is 0 Å². The van der Waals surface area contributed by atoms with E-state index in [4.69, 9.17) is 9.57 Å². The van der Waals surface area contributed by atoms with E-state index in [0.29, 0.717) is 6.61 Å². The van der Waals surface area contributed by atoms with Gasteiger partial charge in [0.1, 0.15) is 0 Å². The van der Waals surface area contributed by atoms with Crippen molar-refractivity contribution in [1.82, 2.24) is 0 Å². The van der Waals surface area contributed by atoms with E-state index in [1.165, 1.54) is 19.3 Å². The number of ether oxygens (including phenoxy) is 1. The number of rotatable bonds is 4. The molecule has 1 fully saturated rings. The Morgan fingerprint density at radius 3 is 2.71 bits per heavy atom. The van der Waals surface area contributed by atoms with Crippen LogP contribution >= 0.6 is 0 Å². The molecule has 1 aliphatic carbocycles. The third-order valence-corrected chi connectivity index (χ3v) is 2.11. The molecule has 0 amide bonds. The van der Waals surface area contributed by atoms with Crippen molar-refractivity contribution in [3.05, 3.63) is 0 Å². The van der Waals surface area contributed by atoms with Crippen LogP contribution < -0.4 is 0 Å². The fourth-order valence-corrected chi connectivity index (χ4v) is 1.43. The summed E-state index contributed by atoms with van der Waals surface area (Å²) in [5, 5.41) is 3.92. The Labute approximate surface area is 84.3 Å². The second-order valence-corrected chi connectivity index (χ2v) is 3.30. The molecule has 0 aliphatic heterocycles. The summed E-state index contributed by atoms with van der Waals surface area (Å²) in [7, 11) is 0. The lowest BCUT2D eigenvalue weighted by molar-refractivity contribution is -0.148. The molecule has 0 bridgehead atoms. The van der Waals surface area contributed by atoms with Crippen molar-refractivity contribution in [3.63, 3.8) is 0 Å². The van der Waals surface area contributed by atoms with E-state index in [2.05, 4.69) is 5.16 Å². The van der Waals surface area contributed by atoms with Crippen LogP contribution in [-0.2, 0) is 14.4 Å². The number of esters is 1. The van der Waals surface area contributed by atoms with E-state index in [-0.39, 0.29) is 12.6 Å². The Kier molecular flexibility index (Phi) is 5.04. The summed E-state index contributed by atoms with van der Waals surface area (Å²) in [5.74, 6) is -0.354. The molecule has 0 aromatic heterocycles. The zero-order valence-electron chi connectivity index (χ0n) is 8.62. The standard InChI is InChI=1S/C10H17NO3/c1-2-13-10(12)8-14-11-9-6-4-3-5-7-9/h2-8H2,1H3. The average Bonchev–Trinajstić information content (AvgIpc) is 2.20. The highest BCUT2D eigenvalue weighted by Gasteiger charge is 2.07. The SMILES string of the molecule is CCOC(=O)CON=C1CCCCC1. The van der Waals surface area contributed by atoms with Gasteiger partial charge in [0.25, 0.3) is 0 Å². The second-order valence-electron chi connectivity index (χ2n) is 3.30. The van der Waals surface area contributed by atoms with Gasteiger partial charge in [-0.1, -0.05) is 11.6 Å². The average molecular weight is 199 g/mol. The number of carbonyl (C=O) groups is 1. The number of oxime groups is 1. The minimum Gasteiger partial charge on any atom is -0.463 e. The highest BCUT2D eigenvalue weighted by Crippen LogP contribution is 2.14. The summed E-state index contributed by atoms with van der Waals surface area (Å²) in [6.07, 6.45) is 5.64. The van der Waals surface area contributed by atoms with Crippen molar-refractivity contribution in [2.24, 2.45) is 5.16 Å². The van der Waals surface area contributed by atoms with E-state index >= 15 is 0 Å². The highest BCUT2D eigenvalue weighted by molar-refractivity contribution is 5.84. The van der Waals surface area contributed by atoms with E-state index in [9.17, 15) is 4.79 Å². The van der Waals surface area contributed by atoms with E-state index in [1.54, 1.807) is 6.92 Å². The van der Waals surface area contributed by atoms with Gasteiger partial charge in [-0.2, -0.15) is 0 Å². The van der Waals surface area contributed by atoms with Crippen LogP contribution in [0.2, 0.25) is 0 Å². The van der Waals surface area contributed by atoms with Crippen LogP contribution in [0.4, 0.5) is 0 Å². The van der Waals surface area contributed by atoms with Gasteiger partial charge in [-0.15, -0.1) is 0 Å². The van der Waals surface area contributed by atoms with Gasteiger partial charge < -0.3 is 9.57 Å². The van der Waals surface area contributed by atoms with Crippen LogP contribution in [0.15, 0.2) is 5.16 Å². The van der Waals surface area contributed by atoms with Crippen molar-refractivity contribution >= 4 is 11.7 Å². The van der Waals surface area contributed by atoms with E-state index < -0.39 is 0 Å². The van der Waals surface area contributed by atoms with Gasteiger partial charge in [0.05, 0.1) is 12.3 Å². The summed E-state index contributed by atoms with van der Waals surface area (Å²) in [6, 6.07) is 0. The Bertz CT molecular complexity index is 205. The Morgan fingerprint density at radius 2 is 2.07 bits per heavy atom. The molecule has 0 atom stereocenters. The molecule has 0 aromatic rings. The molecular weight excluding hydrogens is 182 g/mol. The fraction of sp³-hybridized carbons (Fsp3) is 0.800. The van der Waals surface area contributed by atoms with Crippen LogP contribution in [0.5, 0.6) is 0 Å². The number of hydrogen-bond donors (Lipinski definition) is 0. The van der Waals surface area contributed by atoms with Crippen molar-refractivity contribution < 1.29 is 14.4 Å². The molecule has 1 rings (SSSR count). The largest absolute Gasteiger partial charge is 0.463 e.